The first kappa shape index (κ1) is 22.7. The van der Waals surface area contributed by atoms with Gasteiger partial charge >= 0.3 is 0 Å². The summed E-state index contributed by atoms with van der Waals surface area (Å²) in [7, 11) is 0. The number of para-hydroxylation sites is 1. The first-order valence-corrected chi connectivity index (χ1v) is 11.0. The van der Waals surface area contributed by atoms with Crippen LogP contribution in [0.25, 0.3) is 0 Å². The number of aryl methyl sites for hydroxylation is 2. The number of hydrogen-bond donors (Lipinski definition) is 1. The van der Waals surface area contributed by atoms with Crippen molar-refractivity contribution < 1.29 is 19.1 Å². The van der Waals surface area contributed by atoms with E-state index in [1.54, 1.807) is 0 Å². The van der Waals surface area contributed by atoms with E-state index < -0.39 is 0 Å². The fraction of sp³-hybridized carbons (Fsp3) is 0.440. The minimum atomic E-state index is -0.228. The van der Waals surface area contributed by atoms with E-state index in [9.17, 15) is 9.59 Å². The van der Waals surface area contributed by atoms with Crippen LogP contribution in [0.15, 0.2) is 42.5 Å². The lowest BCUT2D eigenvalue weighted by Gasteiger charge is -2.22. The Balaban J connectivity index is 1.59. The number of hydrogen-bond acceptors (Lipinski definition) is 4. The SMILES string of the molecule is CCC(NC(=O)COc1ccc(C)cc1C)c1ccccc1OCC(=O)N1CCCC1. The zero-order chi connectivity index (χ0) is 22.2. The third-order valence-electron chi connectivity index (χ3n) is 5.54. The second-order valence-corrected chi connectivity index (χ2v) is 8.00. The molecule has 2 amide bonds. The van der Waals surface area contributed by atoms with Gasteiger partial charge in [0.25, 0.3) is 11.8 Å². The van der Waals surface area contributed by atoms with Crippen molar-refractivity contribution in [3.05, 3.63) is 59.2 Å². The summed E-state index contributed by atoms with van der Waals surface area (Å²) in [5.41, 5.74) is 3.01. The number of ether oxygens (including phenoxy) is 2. The van der Waals surface area contributed by atoms with Gasteiger partial charge in [-0.2, -0.15) is 0 Å². The van der Waals surface area contributed by atoms with E-state index >= 15 is 0 Å². The lowest BCUT2D eigenvalue weighted by atomic mass is 10.0. The monoisotopic (exact) mass is 424 g/mol. The summed E-state index contributed by atoms with van der Waals surface area (Å²) in [4.78, 5) is 26.7. The van der Waals surface area contributed by atoms with Gasteiger partial charge in [-0.1, -0.05) is 42.8 Å². The van der Waals surface area contributed by atoms with E-state index in [1.165, 1.54) is 0 Å². The Labute approximate surface area is 184 Å². The molecule has 1 saturated heterocycles. The van der Waals surface area contributed by atoms with Crippen LogP contribution in [-0.4, -0.2) is 43.0 Å². The molecule has 0 saturated carbocycles. The second kappa shape index (κ2) is 10.8. The van der Waals surface area contributed by atoms with Crippen LogP contribution in [0, 0.1) is 13.8 Å². The normalized spacial score (nSPS) is 14.2. The molecule has 0 radical (unpaired) electrons. The van der Waals surface area contributed by atoms with Crippen molar-refractivity contribution in [2.45, 2.75) is 46.1 Å². The Kier molecular flexibility index (Phi) is 7.93. The van der Waals surface area contributed by atoms with Crippen molar-refractivity contribution in [3.63, 3.8) is 0 Å². The summed E-state index contributed by atoms with van der Waals surface area (Å²) in [5, 5.41) is 3.03. The molecule has 1 aliphatic heterocycles. The molecule has 166 valence electrons. The van der Waals surface area contributed by atoms with E-state index in [-0.39, 0.29) is 31.1 Å². The fourth-order valence-corrected chi connectivity index (χ4v) is 3.84. The molecule has 6 heteroatoms. The summed E-state index contributed by atoms with van der Waals surface area (Å²) in [6, 6.07) is 13.2. The summed E-state index contributed by atoms with van der Waals surface area (Å²) < 4.78 is 11.6. The molecular weight excluding hydrogens is 392 g/mol. The molecule has 6 nitrogen and oxygen atoms in total. The fourth-order valence-electron chi connectivity index (χ4n) is 3.84. The smallest absolute Gasteiger partial charge is 0.260 e. The van der Waals surface area contributed by atoms with Gasteiger partial charge in [-0.05, 0) is 50.8 Å². The average molecular weight is 425 g/mol. The van der Waals surface area contributed by atoms with E-state index in [0.717, 1.165) is 42.6 Å². The summed E-state index contributed by atoms with van der Waals surface area (Å²) in [5.74, 6) is 1.14. The molecule has 1 aliphatic rings. The molecule has 0 aliphatic carbocycles. The van der Waals surface area contributed by atoms with Gasteiger partial charge in [-0.15, -0.1) is 0 Å². The number of rotatable bonds is 9. The second-order valence-electron chi connectivity index (χ2n) is 8.00. The predicted octanol–water partition coefficient (Wildman–Crippen LogP) is 3.95. The molecule has 0 aromatic heterocycles. The van der Waals surface area contributed by atoms with Crippen LogP contribution in [0.2, 0.25) is 0 Å². The number of nitrogens with one attached hydrogen (secondary N) is 1. The number of amides is 2. The summed E-state index contributed by atoms with van der Waals surface area (Å²) in [6.07, 6.45) is 2.79. The van der Waals surface area contributed by atoms with Crippen molar-refractivity contribution >= 4 is 11.8 Å². The summed E-state index contributed by atoms with van der Waals surface area (Å²) in [6.45, 7) is 7.55. The molecule has 3 rings (SSSR count). The van der Waals surface area contributed by atoms with Crippen LogP contribution < -0.4 is 14.8 Å². The average Bonchev–Trinajstić information content (AvgIpc) is 3.30. The maximum Gasteiger partial charge on any atom is 0.260 e. The van der Waals surface area contributed by atoms with Crippen LogP contribution in [0.4, 0.5) is 0 Å². The molecule has 0 bridgehead atoms. The van der Waals surface area contributed by atoms with Gasteiger partial charge in [0.15, 0.2) is 13.2 Å². The van der Waals surface area contributed by atoms with Gasteiger partial charge < -0.3 is 19.7 Å². The van der Waals surface area contributed by atoms with Crippen molar-refractivity contribution in [2.24, 2.45) is 0 Å². The van der Waals surface area contributed by atoms with Gasteiger partial charge in [-0.3, -0.25) is 9.59 Å². The highest BCUT2D eigenvalue weighted by molar-refractivity contribution is 5.79. The Hall–Kier alpha value is -3.02. The first-order chi connectivity index (χ1) is 15.0. The molecule has 0 spiro atoms. The minimum Gasteiger partial charge on any atom is -0.484 e. The third-order valence-corrected chi connectivity index (χ3v) is 5.54. The zero-order valence-corrected chi connectivity index (χ0v) is 18.6. The van der Waals surface area contributed by atoms with Crippen LogP contribution >= 0.6 is 0 Å². The Bertz CT molecular complexity index is 906. The van der Waals surface area contributed by atoms with Crippen LogP contribution in [0.5, 0.6) is 11.5 Å². The number of likely N-dealkylation sites (tertiary alicyclic amines) is 1. The number of nitrogens with zero attached hydrogens (tertiary/aromatic N) is 1. The van der Waals surface area contributed by atoms with Gasteiger partial charge in [0.2, 0.25) is 0 Å². The molecule has 1 fully saturated rings. The Morgan fingerprint density at radius 1 is 1.00 bits per heavy atom. The zero-order valence-electron chi connectivity index (χ0n) is 18.6. The van der Waals surface area contributed by atoms with Crippen molar-refractivity contribution in [1.82, 2.24) is 10.2 Å². The number of carbonyl (C=O) groups excluding carboxylic acids is 2. The molecular formula is C25H32N2O4. The highest BCUT2D eigenvalue weighted by Crippen LogP contribution is 2.27. The van der Waals surface area contributed by atoms with Gasteiger partial charge in [0.1, 0.15) is 11.5 Å². The lowest BCUT2D eigenvalue weighted by molar-refractivity contribution is -0.132. The predicted molar refractivity (Wildman–Crippen MR) is 120 cm³/mol. The van der Waals surface area contributed by atoms with Gasteiger partial charge in [0, 0.05) is 18.7 Å². The Morgan fingerprint density at radius 3 is 2.42 bits per heavy atom. The maximum absolute atomic E-state index is 12.6. The molecule has 2 aromatic rings. The van der Waals surface area contributed by atoms with E-state index in [1.807, 2.05) is 68.1 Å². The van der Waals surface area contributed by atoms with Crippen molar-refractivity contribution in [1.29, 1.82) is 0 Å². The first-order valence-electron chi connectivity index (χ1n) is 11.0. The van der Waals surface area contributed by atoms with Crippen LogP contribution in [0.1, 0.15) is 48.9 Å². The largest absolute Gasteiger partial charge is 0.484 e. The maximum atomic E-state index is 12.6. The van der Waals surface area contributed by atoms with Gasteiger partial charge in [0.05, 0.1) is 6.04 Å². The molecule has 31 heavy (non-hydrogen) atoms. The highest BCUT2D eigenvalue weighted by atomic mass is 16.5. The number of benzene rings is 2. The molecule has 1 heterocycles. The van der Waals surface area contributed by atoms with Crippen molar-refractivity contribution in [2.75, 3.05) is 26.3 Å². The third kappa shape index (κ3) is 6.23. The standard InChI is InChI=1S/C25H32N2O4/c1-4-21(26-24(28)16-30-22-12-11-18(2)15-19(22)3)20-9-5-6-10-23(20)31-17-25(29)27-13-7-8-14-27/h5-6,9-12,15,21H,4,7-8,13-14,16-17H2,1-3H3,(H,26,28). The quantitative estimate of drug-likeness (QED) is 0.662. The van der Waals surface area contributed by atoms with Crippen LogP contribution in [0.3, 0.4) is 0 Å². The molecule has 1 atom stereocenters. The topological polar surface area (TPSA) is 67.9 Å². The molecule has 1 N–H and O–H groups in total. The molecule has 2 aromatic carbocycles. The van der Waals surface area contributed by atoms with Crippen LogP contribution in [-0.2, 0) is 9.59 Å². The number of carbonyl (C=O) groups is 2. The highest BCUT2D eigenvalue weighted by Gasteiger charge is 2.21. The van der Waals surface area contributed by atoms with Crippen molar-refractivity contribution in [3.8, 4) is 11.5 Å². The Morgan fingerprint density at radius 2 is 1.71 bits per heavy atom. The van der Waals surface area contributed by atoms with E-state index in [2.05, 4.69) is 5.32 Å². The van der Waals surface area contributed by atoms with Gasteiger partial charge in [-0.25, -0.2) is 0 Å². The summed E-state index contributed by atoms with van der Waals surface area (Å²) >= 11 is 0. The lowest BCUT2D eigenvalue weighted by Crippen LogP contribution is -2.34. The molecule has 1 unspecified atom stereocenters. The van der Waals surface area contributed by atoms with E-state index in [4.69, 9.17) is 9.47 Å². The minimum absolute atomic E-state index is 0.00579. The van der Waals surface area contributed by atoms with E-state index in [0.29, 0.717) is 17.9 Å².